The van der Waals surface area contributed by atoms with Gasteiger partial charge in [0.15, 0.2) is 11.5 Å². The maximum atomic E-state index is 13.0. The molecule has 32 heavy (non-hydrogen) atoms. The predicted octanol–water partition coefficient (Wildman–Crippen LogP) is 4.27. The number of anilines is 1. The van der Waals surface area contributed by atoms with Gasteiger partial charge < -0.3 is 25.0 Å². The lowest BCUT2D eigenvalue weighted by Crippen LogP contribution is -2.38. The van der Waals surface area contributed by atoms with Crippen molar-refractivity contribution in [2.75, 3.05) is 25.5 Å². The topological polar surface area (TPSA) is 79.9 Å². The minimum atomic E-state index is -0.420. The highest BCUT2D eigenvalue weighted by molar-refractivity contribution is 7.16. The Morgan fingerprint density at radius 2 is 2.12 bits per heavy atom. The van der Waals surface area contributed by atoms with Crippen LogP contribution in [0.1, 0.15) is 49.1 Å². The lowest BCUT2D eigenvalue weighted by atomic mass is 10.0. The van der Waals surface area contributed by atoms with Gasteiger partial charge in [0.05, 0.1) is 12.2 Å². The number of amides is 1. The largest absolute Gasteiger partial charge is 0.490 e. The summed E-state index contributed by atoms with van der Waals surface area (Å²) < 4.78 is 11.3. The van der Waals surface area contributed by atoms with E-state index in [2.05, 4.69) is 22.6 Å². The van der Waals surface area contributed by atoms with Crippen molar-refractivity contribution < 1.29 is 19.1 Å². The van der Waals surface area contributed by atoms with Gasteiger partial charge in [-0.05, 0) is 55.1 Å². The zero-order valence-corrected chi connectivity index (χ0v) is 19.4. The Balaban J connectivity index is 1.41. The van der Waals surface area contributed by atoms with Gasteiger partial charge in [-0.2, -0.15) is 0 Å². The summed E-state index contributed by atoms with van der Waals surface area (Å²) in [6.45, 7) is 4.12. The Labute approximate surface area is 194 Å². The summed E-state index contributed by atoms with van der Waals surface area (Å²) in [7, 11) is 2.10. The number of esters is 1. The summed E-state index contributed by atoms with van der Waals surface area (Å²) >= 11 is 2.98. The summed E-state index contributed by atoms with van der Waals surface area (Å²) in [6, 6.07) is 8.89. The van der Waals surface area contributed by atoms with E-state index in [9.17, 15) is 9.59 Å². The number of ether oxygens (including phenoxy) is 2. The highest BCUT2D eigenvalue weighted by Gasteiger charge is 2.33. The van der Waals surface area contributed by atoms with Crippen LogP contribution >= 0.6 is 22.7 Å². The van der Waals surface area contributed by atoms with Crippen molar-refractivity contribution in [2.24, 2.45) is 0 Å². The van der Waals surface area contributed by atoms with Crippen LogP contribution in [0, 0.1) is 0 Å². The second kappa shape index (κ2) is 8.57. The van der Waals surface area contributed by atoms with Crippen molar-refractivity contribution in [2.45, 2.75) is 26.1 Å². The minimum absolute atomic E-state index is 0.0584. The maximum absolute atomic E-state index is 13.0. The molecule has 2 N–H and O–H groups in total. The highest BCUT2D eigenvalue weighted by atomic mass is 32.1. The van der Waals surface area contributed by atoms with Gasteiger partial charge in [0.1, 0.15) is 16.0 Å². The van der Waals surface area contributed by atoms with E-state index in [0.717, 1.165) is 41.2 Å². The summed E-state index contributed by atoms with van der Waals surface area (Å²) in [5.41, 5.74) is 2.77. The minimum Gasteiger partial charge on any atom is -0.490 e. The molecule has 0 saturated heterocycles. The Morgan fingerprint density at radius 3 is 2.91 bits per heavy atom. The van der Waals surface area contributed by atoms with E-state index in [1.807, 2.05) is 24.4 Å². The molecule has 2 aromatic heterocycles. The summed E-state index contributed by atoms with van der Waals surface area (Å²) in [4.78, 5) is 29.4. The van der Waals surface area contributed by atoms with Crippen molar-refractivity contribution in [3.05, 3.63) is 62.2 Å². The predicted molar refractivity (Wildman–Crippen MR) is 125 cm³/mol. The van der Waals surface area contributed by atoms with Crippen molar-refractivity contribution in [3.63, 3.8) is 0 Å². The van der Waals surface area contributed by atoms with E-state index in [1.165, 1.54) is 16.2 Å². The summed E-state index contributed by atoms with van der Waals surface area (Å²) in [6.07, 6.45) is 0.491. The van der Waals surface area contributed by atoms with Crippen LogP contribution in [0.25, 0.3) is 0 Å². The number of carbonyl (C=O) groups excluding carboxylic acids is 2. The zero-order valence-electron chi connectivity index (χ0n) is 17.8. The number of thiophene rings is 2. The molecule has 7 nitrogen and oxygen atoms in total. The van der Waals surface area contributed by atoms with Gasteiger partial charge in [0.2, 0.25) is 0 Å². The van der Waals surface area contributed by atoms with Crippen molar-refractivity contribution in [1.82, 2.24) is 10.2 Å². The molecular formula is C23H23N3O4S2. The maximum Gasteiger partial charge on any atom is 0.353 e. The second-order valence-electron chi connectivity index (χ2n) is 7.75. The number of nitrogens with zero attached hydrogens (tertiary/aromatic N) is 1. The Kier molecular flexibility index (Phi) is 5.62. The molecule has 1 amide bonds. The first-order valence-electron chi connectivity index (χ1n) is 10.5. The Morgan fingerprint density at radius 1 is 1.25 bits per heavy atom. The molecule has 1 unspecified atom stereocenters. The summed E-state index contributed by atoms with van der Waals surface area (Å²) in [5, 5.41) is 9.28. The normalized spacial score (nSPS) is 17.7. The van der Waals surface area contributed by atoms with Crippen LogP contribution in [0.5, 0.6) is 11.5 Å². The van der Waals surface area contributed by atoms with Crippen LogP contribution in [-0.4, -0.2) is 37.0 Å². The molecule has 166 valence electrons. The SMILES string of the molecule is CCOc1cc(C2NC(=O)c3c(sc4c3CCN(C)C4)N2)ccc1OC(=O)c1cccs1. The Hall–Kier alpha value is -2.88. The Bertz CT molecular complexity index is 1170. The fourth-order valence-electron chi connectivity index (χ4n) is 4.01. The van der Waals surface area contributed by atoms with E-state index in [-0.39, 0.29) is 5.91 Å². The smallest absolute Gasteiger partial charge is 0.353 e. The fraction of sp³-hybridized carbons (Fsp3) is 0.304. The third-order valence-corrected chi connectivity index (χ3v) is 7.55. The standard InChI is InChI=1S/C23H23N3O4S2/c1-3-29-16-11-13(6-7-15(16)30-23(28)17-5-4-10-31-17)20-24-21(27)19-14-8-9-26(2)12-18(14)32-22(19)25-20/h4-7,10-11,20,25H,3,8-9,12H2,1-2H3,(H,24,27). The average Bonchev–Trinajstić information content (AvgIpc) is 3.42. The number of benzene rings is 1. The zero-order chi connectivity index (χ0) is 22.2. The first-order chi connectivity index (χ1) is 15.5. The molecule has 0 saturated carbocycles. The van der Waals surface area contributed by atoms with E-state index in [0.29, 0.717) is 23.0 Å². The first-order valence-corrected chi connectivity index (χ1v) is 12.2. The average molecular weight is 470 g/mol. The molecular weight excluding hydrogens is 446 g/mol. The lowest BCUT2D eigenvalue weighted by molar-refractivity contribution is 0.0733. The molecule has 0 fully saturated rings. The van der Waals surface area contributed by atoms with Crippen LogP contribution in [0.4, 0.5) is 5.00 Å². The molecule has 0 bridgehead atoms. The van der Waals surface area contributed by atoms with Crippen LogP contribution < -0.4 is 20.1 Å². The number of carbonyl (C=O) groups is 2. The van der Waals surface area contributed by atoms with Crippen molar-refractivity contribution in [3.8, 4) is 11.5 Å². The molecule has 4 heterocycles. The molecule has 1 atom stereocenters. The molecule has 2 aliphatic heterocycles. The van der Waals surface area contributed by atoms with Crippen LogP contribution in [0.15, 0.2) is 35.7 Å². The third-order valence-electron chi connectivity index (χ3n) is 5.55. The quantitative estimate of drug-likeness (QED) is 0.429. The van der Waals surface area contributed by atoms with Gasteiger partial charge in [-0.15, -0.1) is 22.7 Å². The van der Waals surface area contributed by atoms with Gasteiger partial charge in [-0.3, -0.25) is 4.79 Å². The van der Waals surface area contributed by atoms with Crippen LogP contribution in [-0.2, 0) is 13.0 Å². The first kappa shape index (κ1) is 21.0. The number of hydrogen-bond donors (Lipinski definition) is 2. The van der Waals surface area contributed by atoms with Crippen LogP contribution in [0.2, 0.25) is 0 Å². The monoisotopic (exact) mass is 469 g/mol. The molecule has 3 aromatic rings. The summed E-state index contributed by atoms with van der Waals surface area (Å²) in [5.74, 6) is 0.337. The van der Waals surface area contributed by atoms with Gasteiger partial charge in [-0.1, -0.05) is 12.1 Å². The number of fused-ring (bicyclic) bond motifs is 3. The van der Waals surface area contributed by atoms with E-state index >= 15 is 0 Å². The number of likely N-dealkylation sites (N-methyl/N-ethyl adjacent to an activating group) is 1. The van der Waals surface area contributed by atoms with Gasteiger partial charge in [-0.25, -0.2) is 4.79 Å². The molecule has 2 aliphatic rings. The number of rotatable bonds is 5. The molecule has 1 aromatic carbocycles. The lowest BCUT2D eigenvalue weighted by Gasteiger charge is -2.27. The van der Waals surface area contributed by atoms with Gasteiger partial charge in [0.25, 0.3) is 5.91 Å². The second-order valence-corrected chi connectivity index (χ2v) is 9.81. The molecule has 0 spiro atoms. The fourth-order valence-corrected chi connectivity index (χ4v) is 5.96. The number of nitrogens with one attached hydrogen (secondary N) is 2. The van der Waals surface area contributed by atoms with E-state index in [4.69, 9.17) is 9.47 Å². The molecule has 0 radical (unpaired) electrons. The van der Waals surface area contributed by atoms with E-state index < -0.39 is 12.1 Å². The van der Waals surface area contributed by atoms with Crippen molar-refractivity contribution >= 4 is 39.6 Å². The van der Waals surface area contributed by atoms with Gasteiger partial charge in [0, 0.05) is 18.0 Å². The molecule has 0 aliphatic carbocycles. The molecule has 5 rings (SSSR count). The van der Waals surface area contributed by atoms with Gasteiger partial charge >= 0.3 is 5.97 Å². The van der Waals surface area contributed by atoms with Crippen LogP contribution in [0.3, 0.4) is 0 Å². The third kappa shape index (κ3) is 3.87. The van der Waals surface area contributed by atoms with Crippen molar-refractivity contribution in [1.29, 1.82) is 0 Å². The molecule has 9 heteroatoms. The number of hydrogen-bond acceptors (Lipinski definition) is 8. The highest BCUT2D eigenvalue weighted by Crippen LogP contribution is 2.41. The van der Waals surface area contributed by atoms with E-state index in [1.54, 1.807) is 29.5 Å².